The Kier molecular flexibility index (Phi) is 7.62. The molecule has 0 fully saturated rings. The van der Waals surface area contributed by atoms with Gasteiger partial charge in [0.05, 0.1) is 12.0 Å². The Balaban J connectivity index is 3.16. The molecule has 1 unspecified atom stereocenters. The van der Waals surface area contributed by atoms with Crippen LogP contribution in [0, 0.1) is 5.92 Å². The number of anilines is 1. The Morgan fingerprint density at radius 3 is 2.31 bits per heavy atom. The van der Waals surface area contributed by atoms with Gasteiger partial charge in [-0.25, -0.2) is 5.84 Å². The summed E-state index contributed by atoms with van der Waals surface area (Å²) in [7, 11) is 1.03. The number of hydrogen-bond donors (Lipinski definition) is 2. The number of hydrogen-bond acceptors (Lipinski definition) is 3. The second-order valence-electron chi connectivity index (χ2n) is 6.74. The summed E-state index contributed by atoms with van der Waals surface area (Å²) < 4.78 is 52.2. The molecule has 8 heteroatoms. The van der Waals surface area contributed by atoms with Gasteiger partial charge in [0.2, 0.25) is 5.95 Å². The number of nitrogens with zero attached hydrogens (tertiary/aromatic N) is 1. The first kappa shape index (κ1) is 22.0. The summed E-state index contributed by atoms with van der Waals surface area (Å²) in [6.45, 7) is 6.06. The largest absolute Gasteiger partial charge is 0.393 e. The molecule has 0 spiro atoms. The van der Waals surface area contributed by atoms with Crippen LogP contribution in [0.25, 0.3) is 0 Å². The third-order valence-electron chi connectivity index (χ3n) is 3.77. The summed E-state index contributed by atoms with van der Waals surface area (Å²) in [6, 6.07) is 6.81. The van der Waals surface area contributed by atoms with Crippen LogP contribution >= 0.6 is 0 Å². The number of carbonyl (C=O) groups excluding carboxylic acids is 1. The second-order valence-corrected chi connectivity index (χ2v) is 6.74. The van der Waals surface area contributed by atoms with Crippen LogP contribution in [0.3, 0.4) is 0 Å². The first-order valence-electron chi connectivity index (χ1n) is 8.26. The van der Waals surface area contributed by atoms with Crippen molar-refractivity contribution in [2.24, 2.45) is 11.8 Å². The summed E-state index contributed by atoms with van der Waals surface area (Å²) in [5.74, 6) is 3.06. The van der Waals surface area contributed by atoms with Crippen molar-refractivity contribution in [2.75, 3.05) is 12.4 Å². The molecule has 4 nitrogen and oxygen atoms in total. The van der Waals surface area contributed by atoms with Crippen LogP contribution < -0.4 is 11.2 Å². The van der Waals surface area contributed by atoms with Gasteiger partial charge in [-0.05, 0) is 29.9 Å². The average Bonchev–Trinajstić information content (AvgIpc) is 2.50. The Bertz CT molecular complexity index is 654. The Morgan fingerprint density at radius 2 is 1.81 bits per heavy atom. The van der Waals surface area contributed by atoms with Crippen molar-refractivity contribution in [3.05, 3.63) is 41.4 Å². The van der Waals surface area contributed by atoms with E-state index in [4.69, 9.17) is 5.84 Å². The molecule has 1 atom stereocenters. The van der Waals surface area contributed by atoms with E-state index in [0.29, 0.717) is 16.6 Å². The topological polar surface area (TPSA) is 58.4 Å². The van der Waals surface area contributed by atoms with E-state index in [9.17, 15) is 22.4 Å². The zero-order chi connectivity index (χ0) is 20.1. The predicted octanol–water partition coefficient (Wildman–Crippen LogP) is 4.71. The molecule has 1 amide bonds. The highest BCUT2D eigenvalue weighted by molar-refractivity contribution is 6.04. The lowest BCUT2D eigenvalue weighted by Crippen LogP contribution is -2.29. The number of nitrogens with two attached hydrogens (primary N) is 1. The zero-order valence-corrected chi connectivity index (χ0v) is 15.3. The molecule has 0 radical (unpaired) electrons. The number of carbonyl (C=O) groups is 1. The van der Waals surface area contributed by atoms with Crippen molar-refractivity contribution < 1.29 is 22.4 Å². The first-order chi connectivity index (χ1) is 11.9. The fraction of sp³-hybridized carbons (Fsp3) is 0.500. The van der Waals surface area contributed by atoms with Gasteiger partial charge in [-0.15, -0.1) is 0 Å². The van der Waals surface area contributed by atoms with Gasteiger partial charge in [0.1, 0.15) is 0 Å². The van der Waals surface area contributed by atoms with E-state index in [2.05, 4.69) is 5.32 Å². The smallest absolute Gasteiger partial charge is 0.322 e. The fourth-order valence-electron chi connectivity index (χ4n) is 2.73. The Morgan fingerprint density at radius 1 is 1.23 bits per heavy atom. The van der Waals surface area contributed by atoms with Crippen molar-refractivity contribution in [1.82, 2.24) is 5.01 Å². The summed E-state index contributed by atoms with van der Waals surface area (Å²) in [6.07, 6.45) is -5.63. The van der Waals surface area contributed by atoms with E-state index in [1.54, 1.807) is 24.3 Å². The van der Waals surface area contributed by atoms with Gasteiger partial charge in [-0.3, -0.25) is 9.80 Å². The van der Waals surface area contributed by atoms with Crippen molar-refractivity contribution in [1.29, 1.82) is 0 Å². The van der Waals surface area contributed by atoms with E-state index >= 15 is 0 Å². The standard InChI is InChI=1S/C18H25F4N3O/c1-11(2)9-12(3)13-7-5-6-8-15(13)24-17(26)14(10-18(20,21)22)16(19)25(4)23/h5-8,11-12H,9-10,23H2,1-4H3,(H,24,26)/b16-14+. The van der Waals surface area contributed by atoms with Crippen LogP contribution in [0.15, 0.2) is 35.8 Å². The van der Waals surface area contributed by atoms with Crippen molar-refractivity contribution in [3.8, 4) is 0 Å². The lowest BCUT2D eigenvalue weighted by molar-refractivity contribution is -0.133. The minimum absolute atomic E-state index is 0.0728. The van der Waals surface area contributed by atoms with E-state index < -0.39 is 30.0 Å². The SMILES string of the molecule is CC(C)CC(C)c1ccccc1NC(=O)/C(CC(F)(F)F)=C(\F)N(C)N. The second kappa shape index (κ2) is 9.02. The molecule has 0 saturated carbocycles. The molecule has 0 heterocycles. The average molecular weight is 375 g/mol. The minimum atomic E-state index is -4.75. The van der Waals surface area contributed by atoms with Crippen LogP contribution in [0.1, 0.15) is 45.1 Å². The van der Waals surface area contributed by atoms with Gasteiger partial charge in [0, 0.05) is 12.7 Å². The normalized spacial score (nSPS) is 14.1. The number of rotatable bonds is 7. The quantitative estimate of drug-likeness (QED) is 0.238. The summed E-state index contributed by atoms with van der Waals surface area (Å²) >= 11 is 0. The molecule has 0 saturated heterocycles. The molecule has 1 rings (SSSR count). The monoisotopic (exact) mass is 375 g/mol. The van der Waals surface area contributed by atoms with Gasteiger partial charge in [0.25, 0.3) is 5.91 Å². The number of hydrazine groups is 1. The fourth-order valence-corrected chi connectivity index (χ4v) is 2.73. The molecule has 0 aromatic heterocycles. The van der Waals surface area contributed by atoms with Crippen molar-refractivity contribution in [3.63, 3.8) is 0 Å². The highest BCUT2D eigenvalue weighted by Gasteiger charge is 2.34. The van der Waals surface area contributed by atoms with Crippen LogP contribution in [0.2, 0.25) is 0 Å². The molecule has 26 heavy (non-hydrogen) atoms. The van der Waals surface area contributed by atoms with E-state index in [-0.39, 0.29) is 5.92 Å². The Labute approximate surface area is 151 Å². The van der Waals surface area contributed by atoms with Gasteiger partial charge in [-0.1, -0.05) is 39.0 Å². The number of benzene rings is 1. The van der Waals surface area contributed by atoms with E-state index in [1.807, 2.05) is 20.8 Å². The summed E-state index contributed by atoms with van der Waals surface area (Å²) in [4.78, 5) is 12.3. The maximum absolute atomic E-state index is 14.0. The number of nitrogens with one attached hydrogen (secondary N) is 1. The molecule has 3 N–H and O–H groups in total. The molecular weight excluding hydrogens is 350 g/mol. The summed E-state index contributed by atoms with van der Waals surface area (Å²) in [5, 5.41) is 2.76. The van der Waals surface area contributed by atoms with Gasteiger partial charge >= 0.3 is 6.18 Å². The molecule has 0 aliphatic carbocycles. The maximum Gasteiger partial charge on any atom is 0.393 e. The molecule has 146 valence electrons. The Hall–Kier alpha value is -2.09. The van der Waals surface area contributed by atoms with Gasteiger partial charge in [-0.2, -0.15) is 17.6 Å². The third-order valence-corrected chi connectivity index (χ3v) is 3.77. The first-order valence-corrected chi connectivity index (χ1v) is 8.26. The lowest BCUT2D eigenvalue weighted by Gasteiger charge is -2.20. The van der Waals surface area contributed by atoms with Gasteiger partial charge in [0.15, 0.2) is 0 Å². The molecule has 1 aromatic carbocycles. The number of amides is 1. The van der Waals surface area contributed by atoms with Crippen LogP contribution in [0.5, 0.6) is 0 Å². The van der Waals surface area contributed by atoms with Crippen molar-refractivity contribution >= 4 is 11.6 Å². The number of para-hydroxylation sites is 1. The highest BCUT2D eigenvalue weighted by Crippen LogP contribution is 2.31. The number of halogens is 4. The predicted molar refractivity (Wildman–Crippen MR) is 93.7 cm³/mol. The molecule has 1 aromatic rings. The number of alkyl halides is 3. The highest BCUT2D eigenvalue weighted by atomic mass is 19.4. The molecular formula is C18H25F4N3O. The van der Waals surface area contributed by atoms with E-state index in [1.165, 1.54) is 0 Å². The van der Waals surface area contributed by atoms with Crippen LogP contribution in [0.4, 0.5) is 23.2 Å². The molecule has 0 aliphatic heterocycles. The summed E-state index contributed by atoms with van der Waals surface area (Å²) in [5.41, 5.74) is 0.0778. The van der Waals surface area contributed by atoms with Crippen molar-refractivity contribution in [2.45, 2.75) is 45.7 Å². The lowest BCUT2D eigenvalue weighted by atomic mass is 9.91. The maximum atomic E-state index is 14.0. The molecule has 0 aliphatic rings. The van der Waals surface area contributed by atoms with Crippen LogP contribution in [-0.2, 0) is 4.79 Å². The zero-order valence-electron chi connectivity index (χ0n) is 15.3. The molecule has 0 bridgehead atoms. The minimum Gasteiger partial charge on any atom is -0.322 e. The van der Waals surface area contributed by atoms with E-state index in [0.717, 1.165) is 19.0 Å². The van der Waals surface area contributed by atoms with Crippen LogP contribution in [-0.4, -0.2) is 24.1 Å². The van der Waals surface area contributed by atoms with Gasteiger partial charge < -0.3 is 5.32 Å². The third kappa shape index (κ3) is 6.67.